The Hall–Kier alpha value is 0.650. The Morgan fingerprint density at radius 2 is 2.50 bits per heavy atom. The summed E-state index contributed by atoms with van der Waals surface area (Å²) < 4.78 is 1.11. The zero-order valence-corrected chi connectivity index (χ0v) is 6.76. The third-order valence-electron chi connectivity index (χ3n) is 1.39. The second kappa shape index (κ2) is 2.98. The van der Waals surface area contributed by atoms with Gasteiger partial charge in [0.1, 0.15) is 0 Å². The van der Waals surface area contributed by atoms with E-state index in [1.165, 1.54) is 0 Å². The van der Waals surface area contributed by atoms with Crippen molar-refractivity contribution < 1.29 is 5.11 Å². The highest BCUT2D eigenvalue weighted by Gasteiger charge is 2.19. The number of aliphatic hydroxyl groups is 1. The van der Waals surface area contributed by atoms with E-state index in [-0.39, 0.29) is 6.10 Å². The van der Waals surface area contributed by atoms with Gasteiger partial charge in [-0.2, -0.15) is 0 Å². The lowest BCUT2D eigenvalue weighted by Gasteiger charge is -2.01. The number of halogens is 1. The van der Waals surface area contributed by atoms with Crippen LogP contribution < -0.4 is 5.32 Å². The summed E-state index contributed by atoms with van der Waals surface area (Å²) in [5, 5.41) is 12.2. The Labute approximate surface area is 62.8 Å². The number of hydrogen-bond acceptors (Lipinski definition) is 2. The quantitative estimate of drug-likeness (QED) is 0.493. The maximum Gasteiger partial charge on any atom is 0.0679 e. The van der Waals surface area contributed by atoms with E-state index in [1.807, 2.05) is 0 Å². The molecular weight excluding hydrogens is 217 g/mol. The standard InChI is InChI=1S/C5H10INO/c6-2-4-1-5(8)3-7-4/h4-5,7-8H,1-3H2/t4-,5+/m0/s1. The van der Waals surface area contributed by atoms with Crippen molar-refractivity contribution in [2.45, 2.75) is 18.6 Å². The van der Waals surface area contributed by atoms with E-state index < -0.39 is 0 Å². The number of hydrogen-bond donors (Lipinski definition) is 2. The van der Waals surface area contributed by atoms with E-state index in [9.17, 15) is 0 Å². The molecule has 1 heterocycles. The van der Waals surface area contributed by atoms with Crippen LogP contribution in [0.25, 0.3) is 0 Å². The zero-order chi connectivity index (χ0) is 5.98. The van der Waals surface area contributed by atoms with Gasteiger partial charge in [0.05, 0.1) is 6.10 Å². The molecular formula is C5H10INO. The number of β-amino-alcohol motifs (C(OH)–C–C–N with tert-alkyl or cyclic N) is 1. The van der Waals surface area contributed by atoms with Crippen LogP contribution in [0.15, 0.2) is 0 Å². The molecule has 0 aromatic rings. The summed E-state index contributed by atoms with van der Waals surface area (Å²) in [7, 11) is 0. The first-order valence-corrected chi connectivity index (χ1v) is 4.33. The Morgan fingerprint density at radius 1 is 1.75 bits per heavy atom. The van der Waals surface area contributed by atoms with E-state index in [4.69, 9.17) is 5.11 Å². The summed E-state index contributed by atoms with van der Waals surface area (Å²) in [6.07, 6.45) is 0.845. The molecule has 2 nitrogen and oxygen atoms in total. The van der Waals surface area contributed by atoms with Gasteiger partial charge in [-0.05, 0) is 6.42 Å². The molecule has 0 spiro atoms. The van der Waals surface area contributed by atoms with Crippen LogP contribution in [-0.2, 0) is 0 Å². The van der Waals surface area contributed by atoms with Gasteiger partial charge in [0.15, 0.2) is 0 Å². The topological polar surface area (TPSA) is 32.3 Å². The second-order valence-electron chi connectivity index (χ2n) is 2.15. The molecule has 8 heavy (non-hydrogen) atoms. The van der Waals surface area contributed by atoms with E-state index in [1.54, 1.807) is 0 Å². The number of aliphatic hydroxyl groups excluding tert-OH is 1. The fraction of sp³-hybridized carbons (Fsp3) is 1.00. The van der Waals surface area contributed by atoms with Gasteiger partial charge in [0.25, 0.3) is 0 Å². The van der Waals surface area contributed by atoms with Gasteiger partial charge in [-0.1, -0.05) is 22.6 Å². The molecule has 0 aromatic heterocycles. The van der Waals surface area contributed by atoms with E-state index in [2.05, 4.69) is 27.9 Å². The molecule has 0 saturated carbocycles. The SMILES string of the molecule is O[C@H]1CN[C@H](CI)C1. The Morgan fingerprint density at radius 3 is 2.75 bits per heavy atom. The van der Waals surface area contributed by atoms with Crippen LogP contribution in [0.4, 0.5) is 0 Å². The van der Waals surface area contributed by atoms with Crippen LogP contribution in [0.3, 0.4) is 0 Å². The predicted octanol–water partition coefficient (Wildman–Crippen LogP) is 0.144. The van der Waals surface area contributed by atoms with Crippen molar-refractivity contribution in [2.75, 3.05) is 11.0 Å². The first-order chi connectivity index (χ1) is 3.83. The monoisotopic (exact) mass is 227 g/mol. The van der Waals surface area contributed by atoms with Crippen molar-refractivity contribution in [2.24, 2.45) is 0 Å². The lowest BCUT2D eigenvalue weighted by molar-refractivity contribution is 0.194. The lowest BCUT2D eigenvalue weighted by atomic mass is 10.2. The molecule has 0 bridgehead atoms. The summed E-state index contributed by atoms with van der Waals surface area (Å²) in [5.41, 5.74) is 0. The van der Waals surface area contributed by atoms with E-state index in [0.717, 1.165) is 17.4 Å². The fourth-order valence-corrected chi connectivity index (χ4v) is 1.59. The fourth-order valence-electron chi connectivity index (χ4n) is 0.915. The molecule has 1 aliphatic heterocycles. The Kier molecular flexibility index (Phi) is 2.52. The summed E-state index contributed by atoms with van der Waals surface area (Å²) in [6, 6.07) is 0.561. The van der Waals surface area contributed by atoms with Crippen LogP contribution in [0.5, 0.6) is 0 Å². The molecule has 0 amide bonds. The third kappa shape index (κ3) is 1.56. The van der Waals surface area contributed by atoms with Crippen molar-refractivity contribution in [1.82, 2.24) is 5.32 Å². The normalized spacial score (nSPS) is 38.2. The van der Waals surface area contributed by atoms with Crippen molar-refractivity contribution in [3.63, 3.8) is 0 Å². The summed E-state index contributed by atoms with van der Waals surface area (Å²) in [4.78, 5) is 0. The average Bonchev–Trinajstić information content (AvgIpc) is 2.14. The van der Waals surface area contributed by atoms with Gasteiger partial charge in [-0.3, -0.25) is 0 Å². The second-order valence-corrected chi connectivity index (χ2v) is 3.03. The highest BCUT2D eigenvalue weighted by Crippen LogP contribution is 2.07. The molecule has 2 N–H and O–H groups in total. The average molecular weight is 227 g/mol. The van der Waals surface area contributed by atoms with Gasteiger partial charge in [0, 0.05) is 17.0 Å². The molecule has 2 atom stereocenters. The van der Waals surface area contributed by atoms with Gasteiger partial charge in [0.2, 0.25) is 0 Å². The maximum atomic E-state index is 8.96. The predicted molar refractivity (Wildman–Crippen MR) is 41.3 cm³/mol. The maximum absolute atomic E-state index is 8.96. The number of nitrogens with one attached hydrogen (secondary N) is 1. The molecule has 1 rings (SSSR count). The first kappa shape index (κ1) is 6.77. The largest absolute Gasteiger partial charge is 0.392 e. The highest BCUT2D eigenvalue weighted by molar-refractivity contribution is 14.1. The minimum Gasteiger partial charge on any atom is -0.392 e. The van der Waals surface area contributed by atoms with Gasteiger partial charge in [-0.25, -0.2) is 0 Å². The number of rotatable bonds is 1. The molecule has 1 fully saturated rings. The lowest BCUT2D eigenvalue weighted by Crippen LogP contribution is -2.22. The van der Waals surface area contributed by atoms with E-state index in [0.29, 0.717) is 6.04 Å². The van der Waals surface area contributed by atoms with Crippen LogP contribution in [0.1, 0.15) is 6.42 Å². The summed E-state index contributed by atoms with van der Waals surface area (Å²) in [6.45, 7) is 0.785. The van der Waals surface area contributed by atoms with Gasteiger partial charge < -0.3 is 10.4 Å². The van der Waals surface area contributed by atoms with Gasteiger partial charge >= 0.3 is 0 Å². The minimum absolute atomic E-state index is 0.0882. The smallest absolute Gasteiger partial charge is 0.0679 e. The Bertz CT molecular complexity index is 78.8. The van der Waals surface area contributed by atoms with Crippen LogP contribution in [-0.4, -0.2) is 28.2 Å². The summed E-state index contributed by atoms with van der Waals surface area (Å²) >= 11 is 2.33. The van der Waals surface area contributed by atoms with Crippen LogP contribution >= 0.6 is 22.6 Å². The molecule has 0 aliphatic carbocycles. The van der Waals surface area contributed by atoms with Crippen LogP contribution in [0, 0.1) is 0 Å². The van der Waals surface area contributed by atoms with Crippen molar-refractivity contribution in [3.05, 3.63) is 0 Å². The minimum atomic E-state index is -0.0882. The molecule has 48 valence electrons. The van der Waals surface area contributed by atoms with Crippen LogP contribution in [0.2, 0.25) is 0 Å². The summed E-state index contributed by atoms with van der Waals surface area (Å²) in [5.74, 6) is 0. The first-order valence-electron chi connectivity index (χ1n) is 2.80. The van der Waals surface area contributed by atoms with Crippen molar-refractivity contribution in [1.29, 1.82) is 0 Å². The molecule has 3 heteroatoms. The molecule has 1 aliphatic rings. The number of alkyl halides is 1. The molecule has 1 saturated heterocycles. The molecule has 0 aromatic carbocycles. The third-order valence-corrected chi connectivity index (χ3v) is 2.45. The molecule has 0 radical (unpaired) electrons. The molecule has 0 unspecified atom stereocenters. The van der Waals surface area contributed by atoms with Crippen molar-refractivity contribution >= 4 is 22.6 Å². The zero-order valence-electron chi connectivity index (χ0n) is 4.60. The van der Waals surface area contributed by atoms with Crippen molar-refractivity contribution in [3.8, 4) is 0 Å². The highest BCUT2D eigenvalue weighted by atomic mass is 127. The van der Waals surface area contributed by atoms with Gasteiger partial charge in [-0.15, -0.1) is 0 Å². The Balaban J connectivity index is 2.22. The van der Waals surface area contributed by atoms with E-state index >= 15 is 0 Å².